The van der Waals surface area contributed by atoms with Gasteiger partial charge >= 0.3 is 6.03 Å². The molecule has 0 atom stereocenters. The van der Waals surface area contributed by atoms with Gasteiger partial charge in [-0.2, -0.15) is 0 Å². The van der Waals surface area contributed by atoms with Gasteiger partial charge in [-0.05, 0) is 38.1 Å². The molecule has 1 aliphatic heterocycles. The number of imide groups is 1. The van der Waals surface area contributed by atoms with Crippen LogP contribution < -0.4 is 16.0 Å². The molecule has 0 spiro atoms. The van der Waals surface area contributed by atoms with Crippen LogP contribution in [0.1, 0.15) is 23.2 Å². The van der Waals surface area contributed by atoms with Gasteiger partial charge in [0.15, 0.2) is 0 Å². The third-order valence-corrected chi connectivity index (χ3v) is 2.94. The van der Waals surface area contributed by atoms with Crippen molar-refractivity contribution in [3.63, 3.8) is 0 Å². The van der Waals surface area contributed by atoms with E-state index >= 15 is 0 Å². The summed E-state index contributed by atoms with van der Waals surface area (Å²) in [5, 5.41) is 8.36. The van der Waals surface area contributed by atoms with Crippen LogP contribution in [0, 0.1) is 0 Å². The average molecular weight is 247 g/mol. The molecule has 0 bridgehead atoms. The van der Waals surface area contributed by atoms with Crippen molar-refractivity contribution in [2.45, 2.75) is 18.9 Å². The van der Waals surface area contributed by atoms with E-state index in [2.05, 4.69) is 16.0 Å². The molecule has 0 aromatic heterocycles. The topological polar surface area (TPSA) is 70.2 Å². The van der Waals surface area contributed by atoms with E-state index in [4.69, 9.17) is 0 Å². The number of piperidine rings is 1. The van der Waals surface area contributed by atoms with Crippen LogP contribution in [-0.2, 0) is 0 Å². The number of carbonyl (C=O) groups excluding carboxylic acids is 2. The fourth-order valence-corrected chi connectivity index (χ4v) is 1.95. The minimum absolute atomic E-state index is 0.148. The largest absolute Gasteiger partial charge is 0.335 e. The highest BCUT2D eigenvalue weighted by Gasteiger charge is 2.16. The fraction of sp³-hybridized carbons (Fsp3) is 0.385. The first kappa shape index (κ1) is 12.6. The van der Waals surface area contributed by atoms with Gasteiger partial charge in [0.05, 0.1) is 0 Å². The molecule has 1 aromatic carbocycles. The minimum Gasteiger partial charge on any atom is -0.335 e. The summed E-state index contributed by atoms with van der Waals surface area (Å²) in [5.74, 6) is -0.373. The standard InChI is InChI=1S/C13H17N3O2/c17-12(10-4-2-1-3-5-10)16-13(18)15-11-6-8-14-9-7-11/h1-5,11,14H,6-9H2,(H2,15,16,17,18). The van der Waals surface area contributed by atoms with Crippen LogP contribution in [0.3, 0.4) is 0 Å². The predicted molar refractivity (Wildman–Crippen MR) is 68.3 cm³/mol. The molecule has 1 fully saturated rings. The summed E-state index contributed by atoms with van der Waals surface area (Å²) in [7, 11) is 0. The van der Waals surface area contributed by atoms with Gasteiger partial charge in [-0.3, -0.25) is 10.1 Å². The highest BCUT2D eigenvalue weighted by atomic mass is 16.2. The van der Waals surface area contributed by atoms with Gasteiger partial charge in [0.1, 0.15) is 0 Å². The van der Waals surface area contributed by atoms with Crippen molar-refractivity contribution >= 4 is 11.9 Å². The predicted octanol–water partition coefficient (Wildman–Crippen LogP) is 0.878. The van der Waals surface area contributed by atoms with E-state index in [1.165, 1.54) is 0 Å². The number of hydrogen-bond acceptors (Lipinski definition) is 3. The lowest BCUT2D eigenvalue weighted by Crippen LogP contribution is -2.48. The van der Waals surface area contributed by atoms with Crippen LogP contribution in [0.4, 0.5) is 4.79 Å². The van der Waals surface area contributed by atoms with Crippen LogP contribution >= 0.6 is 0 Å². The van der Waals surface area contributed by atoms with Gasteiger partial charge in [0.25, 0.3) is 5.91 Å². The van der Waals surface area contributed by atoms with Gasteiger partial charge in [-0.25, -0.2) is 4.79 Å². The second-order valence-corrected chi connectivity index (χ2v) is 4.32. The molecule has 1 aromatic rings. The Morgan fingerprint density at radius 1 is 1.11 bits per heavy atom. The molecule has 1 saturated heterocycles. The van der Waals surface area contributed by atoms with E-state index < -0.39 is 6.03 Å². The summed E-state index contributed by atoms with van der Waals surface area (Å²) in [6.07, 6.45) is 1.79. The van der Waals surface area contributed by atoms with E-state index in [9.17, 15) is 9.59 Å². The Morgan fingerprint density at radius 2 is 1.78 bits per heavy atom. The number of amides is 3. The zero-order valence-corrected chi connectivity index (χ0v) is 10.1. The summed E-state index contributed by atoms with van der Waals surface area (Å²) in [6.45, 7) is 1.80. The SMILES string of the molecule is O=C(NC(=O)c1ccccc1)NC1CCNCC1. The molecule has 96 valence electrons. The lowest BCUT2D eigenvalue weighted by molar-refractivity contribution is 0.0963. The second-order valence-electron chi connectivity index (χ2n) is 4.32. The van der Waals surface area contributed by atoms with E-state index in [0.717, 1.165) is 25.9 Å². The van der Waals surface area contributed by atoms with E-state index in [1.54, 1.807) is 24.3 Å². The molecule has 18 heavy (non-hydrogen) atoms. The maximum absolute atomic E-state index is 11.7. The zero-order chi connectivity index (χ0) is 12.8. The molecule has 5 heteroatoms. The molecule has 5 nitrogen and oxygen atoms in total. The molecule has 0 saturated carbocycles. The Hall–Kier alpha value is -1.88. The van der Waals surface area contributed by atoms with Crippen LogP contribution in [0.25, 0.3) is 0 Å². The van der Waals surface area contributed by atoms with Crippen molar-refractivity contribution in [3.05, 3.63) is 35.9 Å². The van der Waals surface area contributed by atoms with Crippen molar-refractivity contribution in [2.24, 2.45) is 0 Å². The van der Waals surface area contributed by atoms with E-state index in [1.807, 2.05) is 6.07 Å². The normalized spacial score (nSPS) is 16.0. The smallest absolute Gasteiger partial charge is 0.321 e. The monoisotopic (exact) mass is 247 g/mol. The van der Waals surface area contributed by atoms with Crippen molar-refractivity contribution in [1.82, 2.24) is 16.0 Å². The first-order chi connectivity index (χ1) is 8.75. The van der Waals surface area contributed by atoms with Crippen LogP contribution in [0.15, 0.2) is 30.3 Å². The quantitative estimate of drug-likeness (QED) is 0.726. The average Bonchev–Trinajstić information content (AvgIpc) is 2.40. The fourth-order valence-electron chi connectivity index (χ4n) is 1.95. The highest BCUT2D eigenvalue weighted by Crippen LogP contribution is 2.02. The highest BCUT2D eigenvalue weighted by molar-refractivity contribution is 6.04. The molecule has 1 aliphatic rings. The van der Waals surface area contributed by atoms with Gasteiger partial charge in [0.2, 0.25) is 0 Å². The summed E-state index contributed by atoms with van der Waals surface area (Å²) < 4.78 is 0. The Kier molecular flexibility index (Phi) is 4.30. The Labute approximate surface area is 106 Å². The van der Waals surface area contributed by atoms with Crippen molar-refractivity contribution in [1.29, 1.82) is 0 Å². The van der Waals surface area contributed by atoms with Gasteiger partial charge in [-0.1, -0.05) is 18.2 Å². The Bertz CT molecular complexity index is 414. The zero-order valence-electron chi connectivity index (χ0n) is 10.1. The molecule has 0 radical (unpaired) electrons. The van der Waals surface area contributed by atoms with Crippen molar-refractivity contribution in [2.75, 3.05) is 13.1 Å². The molecule has 1 heterocycles. The van der Waals surface area contributed by atoms with Crippen LogP contribution in [0.5, 0.6) is 0 Å². The van der Waals surface area contributed by atoms with Gasteiger partial charge in [-0.15, -0.1) is 0 Å². The Morgan fingerprint density at radius 3 is 2.44 bits per heavy atom. The van der Waals surface area contributed by atoms with Gasteiger partial charge < -0.3 is 10.6 Å². The molecule has 0 unspecified atom stereocenters. The third kappa shape index (κ3) is 3.56. The molecule has 2 rings (SSSR count). The molecule has 3 amide bonds. The Balaban J connectivity index is 1.82. The third-order valence-electron chi connectivity index (χ3n) is 2.94. The maximum atomic E-state index is 11.7. The first-order valence-corrected chi connectivity index (χ1v) is 6.13. The van der Waals surface area contributed by atoms with Gasteiger partial charge in [0, 0.05) is 11.6 Å². The summed E-state index contributed by atoms with van der Waals surface area (Å²) in [6, 6.07) is 8.43. The summed E-state index contributed by atoms with van der Waals surface area (Å²) >= 11 is 0. The summed E-state index contributed by atoms with van der Waals surface area (Å²) in [5.41, 5.74) is 0.484. The lowest BCUT2D eigenvalue weighted by Gasteiger charge is -2.23. The van der Waals surface area contributed by atoms with Crippen molar-refractivity contribution in [3.8, 4) is 0 Å². The molecular weight excluding hydrogens is 230 g/mol. The van der Waals surface area contributed by atoms with E-state index in [0.29, 0.717) is 5.56 Å². The van der Waals surface area contributed by atoms with Crippen molar-refractivity contribution < 1.29 is 9.59 Å². The van der Waals surface area contributed by atoms with Crippen LogP contribution in [0.2, 0.25) is 0 Å². The second kappa shape index (κ2) is 6.16. The number of benzene rings is 1. The lowest BCUT2D eigenvalue weighted by atomic mass is 10.1. The first-order valence-electron chi connectivity index (χ1n) is 6.13. The maximum Gasteiger partial charge on any atom is 0.321 e. The van der Waals surface area contributed by atoms with E-state index in [-0.39, 0.29) is 11.9 Å². The number of urea groups is 1. The summed E-state index contributed by atoms with van der Waals surface area (Å²) in [4.78, 5) is 23.3. The number of hydrogen-bond donors (Lipinski definition) is 3. The minimum atomic E-state index is -0.421. The molecule has 3 N–H and O–H groups in total. The number of nitrogens with one attached hydrogen (secondary N) is 3. The number of carbonyl (C=O) groups is 2. The number of rotatable bonds is 2. The molecular formula is C13H17N3O2. The molecule has 0 aliphatic carbocycles. The van der Waals surface area contributed by atoms with Crippen LogP contribution in [-0.4, -0.2) is 31.1 Å².